The van der Waals surface area contributed by atoms with Crippen LogP contribution in [0, 0.1) is 6.92 Å². The van der Waals surface area contributed by atoms with Crippen molar-refractivity contribution in [3.63, 3.8) is 0 Å². The quantitative estimate of drug-likeness (QED) is 0.385. The zero-order valence-corrected chi connectivity index (χ0v) is 16.6. The van der Waals surface area contributed by atoms with Crippen LogP contribution in [0.5, 0.6) is 0 Å². The molecule has 1 heterocycles. The van der Waals surface area contributed by atoms with Crippen LogP contribution in [-0.2, 0) is 6.54 Å². The summed E-state index contributed by atoms with van der Waals surface area (Å²) < 4.78 is 5.87. The van der Waals surface area contributed by atoms with Crippen LogP contribution in [0.1, 0.15) is 11.1 Å². The summed E-state index contributed by atoms with van der Waals surface area (Å²) in [7, 11) is 0. The number of nitrogens with one attached hydrogen (secondary N) is 2. The summed E-state index contributed by atoms with van der Waals surface area (Å²) in [5.74, 6) is 0.892. The predicted molar refractivity (Wildman–Crippen MR) is 118 cm³/mol. The first-order valence-corrected chi connectivity index (χ1v) is 10.2. The summed E-state index contributed by atoms with van der Waals surface area (Å²) in [5.41, 5.74) is 5.89. The molecule has 4 aromatic rings. The molecule has 3 N–H and O–H groups in total. The average Bonchev–Trinajstić information content (AvgIpc) is 3.13. The van der Waals surface area contributed by atoms with Gasteiger partial charge in [-0.05, 0) is 53.3 Å². The van der Waals surface area contributed by atoms with Gasteiger partial charge in [0.15, 0.2) is 5.82 Å². The van der Waals surface area contributed by atoms with E-state index in [0.717, 1.165) is 23.4 Å². The lowest BCUT2D eigenvalue weighted by Gasteiger charge is -2.10. The van der Waals surface area contributed by atoms with E-state index in [2.05, 4.69) is 82.6 Å². The number of fused-ring (bicyclic) bond motifs is 1. The van der Waals surface area contributed by atoms with E-state index in [0.29, 0.717) is 6.54 Å². The van der Waals surface area contributed by atoms with Gasteiger partial charge in [-0.25, -0.2) is 0 Å². The van der Waals surface area contributed by atoms with Gasteiger partial charge in [0, 0.05) is 29.7 Å². The van der Waals surface area contributed by atoms with E-state index in [-0.39, 0.29) is 6.61 Å². The van der Waals surface area contributed by atoms with E-state index in [1.165, 1.54) is 38.5 Å². The normalized spacial score (nSPS) is 11.1. The molecule has 5 heteroatoms. The van der Waals surface area contributed by atoms with Crippen LogP contribution in [0.4, 0.5) is 11.5 Å². The van der Waals surface area contributed by atoms with E-state index in [9.17, 15) is 0 Å². The van der Waals surface area contributed by atoms with Crippen LogP contribution in [0.3, 0.4) is 0 Å². The SMILES string of the molecule is Cc1cc(Nc2nsc3c(-c4ccccc4)cccc23)ccc1CNCCO. The van der Waals surface area contributed by atoms with Crippen LogP contribution in [0.25, 0.3) is 21.2 Å². The van der Waals surface area contributed by atoms with Gasteiger partial charge in [-0.1, -0.05) is 48.5 Å². The van der Waals surface area contributed by atoms with Gasteiger partial charge >= 0.3 is 0 Å². The number of aliphatic hydroxyl groups is 1. The first kappa shape index (κ1) is 18.6. The fourth-order valence-corrected chi connectivity index (χ4v) is 4.18. The molecule has 0 spiro atoms. The number of nitrogens with zero attached hydrogens (tertiary/aromatic N) is 1. The molecular formula is C23H23N3OS. The van der Waals surface area contributed by atoms with Crippen LogP contribution in [-0.4, -0.2) is 22.6 Å². The summed E-state index contributed by atoms with van der Waals surface area (Å²) in [6.45, 7) is 3.62. The second kappa shape index (κ2) is 8.52. The number of rotatable bonds is 7. The molecule has 0 radical (unpaired) electrons. The maximum Gasteiger partial charge on any atom is 0.151 e. The number of hydrogen-bond donors (Lipinski definition) is 3. The predicted octanol–water partition coefficient (Wildman–Crippen LogP) is 5.10. The Morgan fingerprint density at radius 3 is 2.64 bits per heavy atom. The van der Waals surface area contributed by atoms with Gasteiger partial charge in [0.25, 0.3) is 0 Å². The van der Waals surface area contributed by atoms with Crippen molar-refractivity contribution < 1.29 is 5.11 Å². The summed E-state index contributed by atoms with van der Waals surface area (Å²) in [6.07, 6.45) is 0. The van der Waals surface area contributed by atoms with Crippen molar-refractivity contribution in [1.82, 2.24) is 9.69 Å². The van der Waals surface area contributed by atoms with Gasteiger partial charge in [-0.3, -0.25) is 0 Å². The zero-order chi connectivity index (χ0) is 19.3. The van der Waals surface area contributed by atoms with Crippen molar-refractivity contribution in [3.05, 3.63) is 77.9 Å². The van der Waals surface area contributed by atoms with Gasteiger partial charge in [-0.15, -0.1) is 0 Å². The minimum Gasteiger partial charge on any atom is -0.395 e. The van der Waals surface area contributed by atoms with E-state index in [4.69, 9.17) is 5.11 Å². The Balaban J connectivity index is 1.60. The topological polar surface area (TPSA) is 57.2 Å². The Kier molecular flexibility index (Phi) is 5.67. The monoisotopic (exact) mass is 389 g/mol. The van der Waals surface area contributed by atoms with E-state index >= 15 is 0 Å². The number of benzene rings is 3. The van der Waals surface area contributed by atoms with Crippen molar-refractivity contribution in [2.75, 3.05) is 18.5 Å². The third-order valence-electron chi connectivity index (χ3n) is 4.79. The largest absolute Gasteiger partial charge is 0.395 e. The van der Waals surface area contributed by atoms with Gasteiger partial charge < -0.3 is 15.7 Å². The number of aryl methyl sites for hydroxylation is 1. The minimum absolute atomic E-state index is 0.153. The van der Waals surface area contributed by atoms with Crippen molar-refractivity contribution in [2.24, 2.45) is 0 Å². The molecule has 0 amide bonds. The molecule has 0 bridgehead atoms. The fraction of sp³-hybridized carbons (Fsp3) is 0.174. The van der Waals surface area contributed by atoms with Gasteiger partial charge in [0.05, 0.1) is 11.3 Å². The van der Waals surface area contributed by atoms with Crippen molar-refractivity contribution in [2.45, 2.75) is 13.5 Å². The smallest absolute Gasteiger partial charge is 0.151 e. The first-order valence-electron chi connectivity index (χ1n) is 9.38. The molecule has 0 atom stereocenters. The Bertz CT molecular complexity index is 1080. The summed E-state index contributed by atoms with van der Waals surface area (Å²) >= 11 is 1.53. The van der Waals surface area contributed by atoms with Crippen LogP contribution >= 0.6 is 11.5 Å². The number of hydrogen-bond acceptors (Lipinski definition) is 5. The van der Waals surface area contributed by atoms with E-state index in [1.807, 2.05) is 6.07 Å². The fourth-order valence-electron chi connectivity index (χ4n) is 3.31. The highest BCUT2D eigenvalue weighted by Crippen LogP contribution is 2.36. The molecule has 4 nitrogen and oxygen atoms in total. The molecule has 0 aliphatic rings. The van der Waals surface area contributed by atoms with Crippen molar-refractivity contribution >= 4 is 33.1 Å². The lowest BCUT2D eigenvalue weighted by molar-refractivity contribution is 0.292. The Labute approximate surface area is 169 Å². The number of aromatic nitrogens is 1. The highest BCUT2D eigenvalue weighted by Gasteiger charge is 2.11. The molecule has 3 aromatic carbocycles. The molecular weight excluding hydrogens is 366 g/mol. The molecule has 4 rings (SSSR count). The summed E-state index contributed by atoms with van der Waals surface area (Å²) in [5, 5.41) is 16.7. The molecule has 28 heavy (non-hydrogen) atoms. The third kappa shape index (κ3) is 3.92. The van der Waals surface area contributed by atoms with Gasteiger partial charge in [-0.2, -0.15) is 4.37 Å². The number of anilines is 2. The summed E-state index contributed by atoms with van der Waals surface area (Å²) in [4.78, 5) is 0. The van der Waals surface area contributed by atoms with E-state index < -0.39 is 0 Å². The molecule has 1 aromatic heterocycles. The zero-order valence-electron chi connectivity index (χ0n) is 15.8. The summed E-state index contributed by atoms with van der Waals surface area (Å²) in [6, 6.07) is 23.1. The average molecular weight is 390 g/mol. The highest BCUT2D eigenvalue weighted by molar-refractivity contribution is 7.14. The van der Waals surface area contributed by atoms with Crippen LogP contribution in [0.15, 0.2) is 66.7 Å². The number of aliphatic hydroxyl groups excluding tert-OH is 1. The minimum atomic E-state index is 0.153. The molecule has 0 fully saturated rings. The Morgan fingerprint density at radius 1 is 1.00 bits per heavy atom. The first-order chi connectivity index (χ1) is 13.8. The molecule has 0 unspecified atom stereocenters. The van der Waals surface area contributed by atoms with Crippen molar-refractivity contribution in [1.29, 1.82) is 0 Å². The molecule has 0 aliphatic carbocycles. The third-order valence-corrected chi connectivity index (χ3v) is 5.69. The molecule has 142 valence electrons. The Morgan fingerprint density at radius 2 is 1.86 bits per heavy atom. The lowest BCUT2D eigenvalue weighted by Crippen LogP contribution is -2.18. The van der Waals surface area contributed by atoms with Crippen LogP contribution < -0.4 is 10.6 Å². The van der Waals surface area contributed by atoms with Crippen molar-refractivity contribution in [3.8, 4) is 11.1 Å². The highest BCUT2D eigenvalue weighted by atomic mass is 32.1. The molecule has 0 aliphatic heterocycles. The van der Waals surface area contributed by atoms with Gasteiger partial charge in [0.2, 0.25) is 0 Å². The lowest BCUT2D eigenvalue weighted by atomic mass is 10.0. The standard InChI is InChI=1S/C23H23N3OS/c1-16-14-19(11-10-18(16)15-24-12-13-27)25-23-21-9-5-8-20(22(21)28-26-23)17-6-3-2-4-7-17/h2-11,14,24,27H,12-13,15H2,1H3,(H,25,26). The Hall–Kier alpha value is -2.73. The van der Waals surface area contributed by atoms with E-state index in [1.54, 1.807) is 0 Å². The molecule has 0 saturated carbocycles. The maximum atomic E-state index is 8.90. The second-order valence-corrected chi connectivity index (χ2v) is 7.52. The molecule has 0 saturated heterocycles. The second-order valence-electron chi connectivity index (χ2n) is 6.75. The van der Waals surface area contributed by atoms with Gasteiger partial charge in [0.1, 0.15) is 0 Å². The maximum absolute atomic E-state index is 8.90. The van der Waals surface area contributed by atoms with Crippen LogP contribution in [0.2, 0.25) is 0 Å².